The first-order valence-electron chi connectivity index (χ1n) is 10.9. The Morgan fingerprint density at radius 2 is 1.66 bits per heavy atom. The maximum Gasteiger partial charge on any atom is 0.261 e. The summed E-state index contributed by atoms with van der Waals surface area (Å²) in [6.45, 7) is 4.47. The lowest BCUT2D eigenvalue weighted by atomic mass is 10.1. The number of rotatable bonds is 6. The third-order valence-corrected chi connectivity index (χ3v) is 8.03. The van der Waals surface area contributed by atoms with Crippen molar-refractivity contribution in [3.05, 3.63) is 48.0 Å². The molecule has 0 atom stereocenters. The van der Waals surface area contributed by atoms with Gasteiger partial charge in [-0.3, -0.25) is 9.52 Å². The van der Waals surface area contributed by atoms with Crippen LogP contribution >= 0.6 is 11.8 Å². The van der Waals surface area contributed by atoms with E-state index in [1.807, 2.05) is 23.3 Å². The van der Waals surface area contributed by atoms with Crippen molar-refractivity contribution >= 4 is 39.1 Å². The molecule has 2 saturated heterocycles. The Morgan fingerprint density at radius 3 is 2.31 bits per heavy atom. The third kappa shape index (κ3) is 5.22. The monoisotopic (exact) mass is 475 g/mol. The molecule has 32 heavy (non-hydrogen) atoms. The molecule has 0 bridgehead atoms. The summed E-state index contributed by atoms with van der Waals surface area (Å²) >= 11 is 1.45. The molecule has 2 fully saturated rings. The van der Waals surface area contributed by atoms with Crippen LogP contribution < -0.4 is 9.62 Å². The fourth-order valence-corrected chi connectivity index (χ4v) is 5.72. The number of carbonyl (C=O) groups is 1. The van der Waals surface area contributed by atoms with Gasteiger partial charge in [0.2, 0.25) is 0 Å². The molecule has 1 N–H and O–H groups in total. The number of sulfonamides is 1. The Hall–Kier alpha value is -2.23. The van der Waals surface area contributed by atoms with Crippen LogP contribution in [-0.4, -0.2) is 64.9 Å². The number of morpholine rings is 1. The van der Waals surface area contributed by atoms with Crippen molar-refractivity contribution in [3.63, 3.8) is 0 Å². The maximum absolute atomic E-state index is 13.1. The van der Waals surface area contributed by atoms with Gasteiger partial charge in [-0.25, -0.2) is 8.42 Å². The van der Waals surface area contributed by atoms with Crippen LogP contribution in [0.3, 0.4) is 0 Å². The second-order valence-corrected chi connectivity index (χ2v) is 10.5. The molecular formula is C23H29N3O4S2. The van der Waals surface area contributed by atoms with Gasteiger partial charge in [-0.05, 0) is 68.0 Å². The number of piperidine rings is 1. The highest BCUT2D eigenvalue weighted by Crippen LogP contribution is 2.28. The Morgan fingerprint density at radius 1 is 0.969 bits per heavy atom. The maximum atomic E-state index is 13.1. The van der Waals surface area contributed by atoms with Gasteiger partial charge in [0.05, 0.1) is 23.7 Å². The number of thioether (sulfide) groups is 1. The van der Waals surface area contributed by atoms with E-state index in [-0.39, 0.29) is 10.8 Å². The molecule has 2 heterocycles. The Balaban J connectivity index is 1.53. The van der Waals surface area contributed by atoms with Gasteiger partial charge < -0.3 is 14.5 Å². The van der Waals surface area contributed by atoms with E-state index in [2.05, 4.69) is 9.62 Å². The second-order valence-electron chi connectivity index (χ2n) is 7.97. The van der Waals surface area contributed by atoms with Crippen LogP contribution in [-0.2, 0) is 14.8 Å². The SMILES string of the molecule is CSc1ccc(S(=O)(=O)Nc2ccc(N3CCOCC3)cc2)cc1C(=O)N1CCCCC1. The first-order valence-corrected chi connectivity index (χ1v) is 13.6. The van der Waals surface area contributed by atoms with Gasteiger partial charge in [-0.15, -0.1) is 11.8 Å². The van der Waals surface area contributed by atoms with E-state index in [4.69, 9.17) is 4.74 Å². The molecule has 172 valence electrons. The fourth-order valence-electron chi connectivity index (χ4n) is 4.06. The van der Waals surface area contributed by atoms with Crippen LogP contribution in [0.1, 0.15) is 29.6 Å². The number of nitrogens with zero attached hydrogens (tertiary/aromatic N) is 2. The van der Waals surface area contributed by atoms with Gasteiger partial charge in [-0.1, -0.05) is 0 Å². The molecule has 0 aliphatic carbocycles. The molecule has 0 unspecified atom stereocenters. The van der Waals surface area contributed by atoms with E-state index >= 15 is 0 Å². The van der Waals surface area contributed by atoms with Gasteiger partial charge in [0.15, 0.2) is 0 Å². The largest absolute Gasteiger partial charge is 0.378 e. The van der Waals surface area contributed by atoms with Crippen LogP contribution in [0.25, 0.3) is 0 Å². The smallest absolute Gasteiger partial charge is 0.261 e. The van der Waals surface area contributed by atoms with Crippen molar-refractivity contribution in [2.45, 2.75) is 29.1 Å². The summed E-state index contributed by atoms with van der Waals surface area (Å²) in [5.41, 5.74) is 1.97. The van der Waals surface area contributed by atoms with E-state index in [1.54, 1.807) is 24.3 Å². The van der Waals surface area contributed by atoms with E-state index < -0.39 is 10.0 Å². The van der Waals surface area contributed by atoms with Crippen molar-refractivity contribution in [2.24, 2.45) is 0 Å². The quantitative estimate of drug-likeness (QED) is 0.643. The van der Waals surface area contributed by atoms with Crippen LogP contribution in [0.2, 0.25) is 0 Å². The number of anilines is 2. The van der Waals surface area contributed by atoms with Crippen molar-refractivity contribution in [3.8, 4) is 0 Å². The summed E-state index contributed by atoms with van der Waals surface area (Å²) in [6.07, 6.45) is 4.99. The molecule has 4 rings (SSSR count). The van der Waals surface area contributed by atoms with Crippen molar-refractivity contribution in [1.82, 2.24) is 4.90 Å². The van der Waals surface area contributed by atoms with E-state index in [1.165, 1.54) is 17.8 Å². The number of hydrogen-bond donors (Lipinski definition) is 1. The van der Waals surface area contributed by atoms with Crippen LogP contribution in [0, 0.1) is 0 Å². The lowest BCUT2D eigenvalue weighted by Crippen LogP contribution is -2.36. The lowest BCUT2D eigenvalue weighted by molar-refractivity contribution is 0.0720. The zero-order chi connectivity index (χ0) is 22.6. The average molecular weight is 476 g/mol. The topological polar surface area (TPSA) is 79.0 Å². The normalized spacial score (nSPS) is 17.3. The number of carbonyl (C=O) groups excluding carboxylic acids is 1. The Kier molecular flexibility index (Phi) is 7.27. The summed E-state index contributed by atoms with van der Waals surface area (Å²) in [6, 6.07) is 12.1. The predicted octanol–water partition coefficient (Wildman–Crippen LogP) is 3.67. The molecule has 0 spiro atoms. The number of benzene rings is 2. The van der Waals surface area contributed by atoms with Crippen LogP contribution in [0.15, 0.2) is 52.3 Å². The number of nitrogens with one attached hydrogen (secondary N) is 1. The van der Waals surface area contributed by atoms with Crippen LogP contribution in [0.4, 0.5) is 11.4 Å². The van der Waals surface area contributed by atoms with Gasteiger partial charge in [0, 0.05) is 42.4 Å². The standard InChI is InChI=1S/C23H29N3O4S2/c1-31-22-10-9-20(17-21(22)23(27)26-11-3-2-4-12-26)32(28,29)24-18-5-7-19(8-6-18)25-13-15-30-16-14-25/h5-10,17,24H,2-4,11-16H2,1H3. The first kappa shape index (κ1) is 22.9. The molecule has 9 heteroatoms. The third-order valence-electron chi connectivity index (χ3n) is 5.85. The number of likely N-dealkylation sites (tertiary alicyclic amines) is 1. The highest BCUT2D eigenvalue weighted by atomic mass is 32.2. The highest BCUT2D eigenvalue weighted by Gasteiger charge is 2.24. The summed E-state index contributed by atoms with van der Waals surface area (Å²) in [5.74, 6) is -0.0963. The van der Waals surface area contributed by atoms with Gasteiger partial charge >= 0.3 is 0 Å². The lowest BCUT2D eigenvalue weighted by Gasteiger charge is -2.29. The molecule has 2 aromatic carbocycles. The van der Waals surface area contributed by atoms with Crippen molar-refractivity contribution in [1.29, 1.82) is 0 Å². The molecule has 0 saturated carbocycles. The number of ether oxygens (including phenoxy) is 1. The zero-order valence-electron chi connectivity index (χ0n) is 18.2. The van der Waals surface area contributed by atoms with E-state index in [9.17, 15) is 13.2 Å². The zero-order valence-corrected chi connectivity index (χ0v) is 19.9. The Labute approximate surface area is 194 Å². The van der Waals surface area contributed by atoms with E-state index in [0.29, 0.717) is 24.5 Å². The molecule has 7 nitrogen and oxygen atoms in total. The Bertz CT molecular complexity index is 1050. The molecule has 2 aliphatic rings. The van der Waals surface area contributed by atoms with Gasteiger partial charge in [0.25, 0.3) is 15.9 Å². The van der Waals surface area contributed by atoms with Crippen LogP contribution in [0.5, 0.6) is 0 Å². The van der Waals surface area contributed by atoms with E-state index in [0.717, 1.165) is 56.0 Å². The summed E-state index contributed by atoms with van der Waals surface area (Å²) in [4.78, 5) is 18.0. The van der Waals surface area contributed by atoms with Gasteiger partial charge in [0.1, 0.15) is 0 Å². The van der Waals surface area contributed by atoms with Crippen molar-refractivity contribution < 1.29 is 17.9 Å². The number of hydrogen-bond acceptors (Lipinski definition) is 6. The minimum absolute atomic E-state index is 0.0907. The molecule has 2 aromatic rings. The molecule has 1 amide bonds. The molecule has 0 radical (unpaired) electrons. The molecular weight excluding hydrogens is 446 g/mol. The van der Waals surface area contributed by atoms with Crippen molar-refractivity contribution in [2.75, 3.05) is 55.3 Å². The van der Waals surface area contributed by atoms with Gasteiger partial charge in [-0.2, -0.15) is 0 Å². The summed E-state index contributed by atoms with van der Waals surface area (Å²) < 4.78 is 34.2. The molecule has 2 aliphatic heterocycles. The predicted molar refractivity (Wildman–Crippen MR) is 128 cm³/mol. The fraction of sp³-hybridized carbons (Fsp3) is 0.435. The second kappa shape index (κ2) is 10.1. The minimum Gasteiger partial charge on any atom is -0.378 e. The summed E-state index contributed by atoms with van der Waals surface area (Å²) in [7, 11) is -3.83. The first-order chi connectivity index (χ1) is 15.5. The average Bonchev–Trinajstić information content (AvgIpc) is 2.84. The molecule has 0 aromatic heterocycles. The minimum atomic E-state index is -3.83. The number of amides is 1. The summed E-state index contributed by atoms with van der Waals surface area (Å²) in [5, 5.41) is 0. The highest BCUT2D eigenvalue weighted by molar-refractivity contribution is 7.98.